The number of amides is 2. The maximum Gasteiger partial charge on any atom is 0.315 e. The summed E-state index contributed by atoms with van der Waals surface area (Å²) in [5, 5.41) is 5.74. The Hall–Kier alpha value is -2.08. The summed E-state index contributed by atoms with van der Waals surface area (Å²) in [6.45, 7) is 7.55. The molecule has 0 radical (unpaired) electrons. The van der Waals surface area contributed by atoms with E-state index < -0.39 is 0 Å². The van der Waals surface area contributed by atoms with Gasteiger partial charge >= 0.3 is 6.03 Å². The Labute approximate surface area is 129 Å². The molecule has 22 heavy (non-hydrogen) atoms. The number of nitrogens with zero attached hydrogens (tertiary/aromatic N) is 2. The maximum atomic E-state index is 11.8. The van der Waals surface area contributed by atoms with Crippen LogP contribution in [0.5, 0.6) is 0 Å². The van der Waals surface area contributed by atoms with E-state index in [0.29, 0.717) is 19.8 Å². The van der Waals surface area contributed by atoms with E-state index in [1.807, 2.05) is 13.8 Å². The van der Waals surface area contributed by atoms with Crippen molar-refractivity contribution < 1.29 is 9.53 Å². The molecule has 1 aromatic carbocycles. The van der Waals surface area contributed by atoms with Gasteiger partial charge in [0.15, 0.2) is 0 Å². The SMILES string of the molecule is Cc1ccc2c(c1)nc1n2[C@@H](CNC(=O)NC(C)C)COC1. The Morgan fingerprint density at radius 1 is 1.50 bits per heavy atom. The molecule has 0 spiro atoms. The van der Waals surface area contributed by atoms with Gasteiger partial charge in [0, 0.05) is 12.6 Å². The zero-order valence-electron chi connectivity index (χ0n) is 13.2. The fourth-order valence-corrected chi connectivity index (χ4v) is 2.80. The molecule has 6 heteroatoms. The third-order valence-corrected chi connectivity index (χ3v) is 3.74. The van der Waals surface area contributed by atoms with E-state index in [4.69, 9.17) is 4.74 Å². The smallest absolute Gasteiger partial charge is 0.315 e. The zero-order valence-corrected chi connectivity index (χ0v) is 13.2. The van der Waals surface area contributed by atoms with Crippen molar-refractivity contribution in [2.24, 2.45) is 0 Å². The third-order valence-electron chi connectivity index (χ3n) is 3.74. The van der Waals surface area contributed by atoms with Crippen molar-refractivity contribution >= 4 is 17.1 Å². The van der Waals surface area contributed by atoms with Crippen LogP contribution in [0.15, 0.2) is 18.2 Å². The van der Waals surface area contributed by atoms with Gasteiger partial charge in [0.1, 0.15) is 12.4 Å². The molecule has 2 amide bonds. The van der Waals surface area contributed by atoms with Crippen LogP contribution < -0.4 is 10.6 Å². The summed E-state index contributed by atoms with van der Waals surface area (Å²) < 4.78 is 7.82. The van der Waals surface area contributed by atoms with E-state index in [-0.39, 0.29) is 18.1 Å². The predicted octanol–water partition coefficient (Wildman–Crippen LogP) is 2.12. The molecule has 1 atom stereocenters. The molecule has 6 nitrogen and oxygen atoms in total. The molecule has 1 aliphatic heterocycles. The minimum atomic E-state index is -0.151. The first-order valence-corrected chi connectivity index (χ1v) is 7.64. The molecule has 118 valence electrons. The average Bonchev–Trinajstić information content (AvgIpc) is 2.82. The number of aryl methyl sites for hydroxylation is 1. The molecule has 2 N–H and O–H groups in total. The van der Waals surface area contributed by atoms with Crippen LogP contribution in [0.25, 0.3) is 11.0 Å². The summed E-state index contributed by atoms with van der Waals surface area (Å²) >= 11 is 0. The van der Waals surface area contributed by atoms with E-state index >= 15 is 0 Å². The second-order valence-corrected chi connectivity index (χ2v) is 6.07. The number of imidazole rings is 1. The largest absolute Gasteiger partial charge is 0.371 e. The maximum absolute atomic E-state index is 11.8. The highest BCUT2D eigenvalue weighted by atomic mass is 16.5. The number of aromatic nitrogens is 2. The van der Waals surface area contributed by atoms with Crippen molar-refractivity contribution in [3.05, 3.63) is 29.6 Å². The second-order valence-electron chi connectivity index (χ2n) is 6.07. The lowest BCUT2D eigenvalue weighted by molar-refractivity contribution is 0.0572. The van der Waals surface area contributed by atoms with E-state index in [1.165, 1.54) is 5.56 Å². The quantitative estimate of drug-likeness (QED) is 0.912. The first-order chi connectivity index (χ1) is 10.5. The van der Waals surface area contributed by atoms with Crippen molar-refractivity contribution in [1.29, 1.82) is 0 Å². The van der Waals surface area contributed by atoms with Gasteiger partial charge < -0.3 is 19.9 Å². The van der Waals surface area contributed by atoms with Gasteiger partial charge in [-0.2, -0.15) is 0 Å². The number of urea groups is 1. The molecule has 0 aliphatic carbocycles. The second kappa shape index (κ2) is 5.96. The van der Waals surface area contributed by atoms with Gasteiger partial charge in [0.25, 0.3) is 0 Å². The zero-order chi connectivity index (χ0) is 15.7. The van der Waals surface area contributed by atoms with Crippen LogP contribution in [0.4, 0.5) is 4.79 Å². The number of carbonyl (C=O) groups excluding carboxylic acids is 1. The summed E-state index contributed by atoms with van der Waals surface area (Å²) in [6, 6.07) is 6.29. The van der Waals surface area contributed by atoms with E-state index in [1.54, 1.807) is 0 Å². The molecule has 2 aromatic rings. The van der Waals surface area contributed by atoms with E-state index in [0.717, 1.165) is 16.9 Å². The van der Waals surface area contributed by atoms with Gasteiger partial charge in [0.2, 0.25) is 0 Å². The number of hydrogen-bond donors (Lipinski definition) is 2. The molecule has 3 rings (SSSR count). The van der Waals surface area contributed by atoms with E-state index in [2.05, 4.69) is 45.3 Å². The number of benzene rings is 1. The van der Waals surface area contributed by atoms with Crippen LogP contribution in [0.1, 0.15) is 31.3 Å². The van der Waals surface area contributed by atoms with Gasteiger partial charge in [-0.15, -0.1) is 0 Å². The number of hydrogen-bond acceptors (Lipinski definition) is 3. The first kappa shape index (κ1) is 14.8. The monoisotopic (exact) mass is 302 g/mol. The summed E-state index contributed by atoms with van der Waals surface area (Å²) in [7, 11) is 0. The molecule has 0 bridgehead atoms. The molecule has 0 unspecified atom stereocenters. The average molecular weight is 302 g/mol. The fourth-order valence-electron chi connectivity index (χ4n) is 2.80. The lowest BCUT2D eigenvalue weighted by atomic mass is 10.2. The number of ether oxygens (including phenoxy) is 1. The Kier molecular flexibility index (Phi) is 4.02. The minimum absolute atomic E-state index is 0.0642. The lowest BCUT2D eigenvalue weighted by Gasteiger charge is -2.26. The summed E-state index contributed by atoms with van der Waals surface area (Å²) in [5.74, 6) is 0.919. The van der Waals surface area contributed by atoms with Gasteiger partial charge in [-0.05, 0) is 38.5 Å². The molecule has 1 aliphatic rings. The van der Waals surface area contributed by atoms with Crippen molar-refractivity contribution in [3.63, 3.8) is 0 Å². The van der Waals surface area contributed by atoms with Crippen LogP contribution in [0, 0.1) is 6.92 Å². The Morgan fingerprint density at radius 2 is 2.32 bits per heavy atom. The number of carbonyl (C=O) groups is 1. The minimum Gasteiger partial charge on any atom is -0.371 e. The molecular formula is C16H22N4O2. The van der Waals surface area contributed by atoms with Crippen molar-refractivity contribution in [3.8, 4) is 0 Å². The highest BCUT2D eigenvalue weighted by molar-refractivity contribution is 5.77. The van der Waals surface area contributed by atoms with Crippen LogP contribution in [-0.4, -0.2) is 34.8 Å². The molecular weight excluding hydrogens is 280 g/mol. The molecule has 0 fully saturated rings. The van der Waals surface area contributed by atoms with Crippen LogP contribution in [0.3, 0.4) is 0 Å². The standard InChI is InChI=1S/C16H22N4O2/c1-10(2)18-16(21)17-7-12-8-22-9-15-19-13-6-11(3)4-5-14(13)20(12)15/h4-6,10,12H,7-9H2,1-3H3,(H2,17,18,21)/t12-/m0/s1. The predicted molar refractivity (Wildman–Crippen MR) is 84.8 cm³/mol. The number of fused-ring (bicyclic) bond motifs is 3. The van der Waals surface area contributed by atoms with E-state index in [9.17, 15) is 4.79 Å². The topological polar surface area (TPSA) is 68.2 Å². The highest BCUT2D eigenvalue weighted by Crippen LogP contribution is 2.26. The van der Waals surface area contributed by atoms with Crippen LogP contribution >= 0.6 is 0 Å². The molecule has 0 saturated heterocycles. The van der Waals surface area contributed by atoms with Gasteiger partial charge in [0.05, 0.1) is 23.7 Å². The number of rotatable bonds is 3. The van der Waals surface area contributed by atoms with Gasteiger partial charge in [-0.3, -0.25) is 0 Å². The Balaban J connectivity index is 1.81. The summed E-state index contributed by atoms with van der Waals surface area (Å²) in [4.78, 5) is 16.4. The molecule has 2 heterocycles. The Morgan fingerprint density at radius 3 is 3.09 bits per heavy atom. The van der Waals surface area contributed by atoms with Crippen LogP contribution in [0.2, 0.25) is 0 Å². The third kappa shape index (κ3) is 2.92. The molecule has 1 aromatic heterocycles. The number of nitrogens with one attached hydrogen (secondary N) is 2. The molecule has 0 saturated carbocycles. The summed E-state index contributed by atoms with van der Waals surface area (Å²) in [5.41, 5.74) is 3.27. The van der Waals surface area contributed by atoms with Crippen molar-refractivity contribution in [2.45, 2.75) is 39.5 Å². The highest BCUT2D eigenvalue weighted by Gasteiger charge is 2.24. The van der Waals surface area contributed by atoms with Crippen molar-refractivity contribution in [2.75, 3.05) is 13.2 Å². The normalized spacial score (nSPS) is 17.5. The Bertz CT molecular complexity index is 693. The van der Waals surface area contributed by atoms with Crippen molar-refractivity contribution in [1.82, 2.24) is 20.2 Å². The fraction of sp³-hybridized carbons (Fsp3) is 0.500. The van der Waals surface area contributed by atoms with Crippen LogP contribution in [-0.2, 0) is 11.3 Å². The lowest BCUT2D eigenvalue weighted by Crippen LogP contribution is -2.43. The van der Waals surface area contributed by atoms with Gasteiger partial charge in [-0.25, -0.2) is 9.78 Å². The summed E-state index contributed by atoms with van der Waals surface area (Å²) in [6.07, 6.45) is 0. The van der Waals surface area contributed by atoms with Gasteiger partial charge in [-0.1, -0.05) is 6.07 Å². The first-order valence-electron chi connectivity index (χ1n) is 7.64.